The Balaban J connectivity index is 1.50. The number of nitrogens with one attached hydrogen (secondary N) is 1. The molecular weight excluding hydrogens is 344 g/mol. The molecule has 1 aliphatic heterocycles. The van der Waals surface area contributed by atoms with E-state index in [4.69, 9.17) is 13.9 Å². The number of amides is 1. The van der Waals surface area contributed by atoms with Crippen molar-refractivity contribution in [2.45, 2.75) is 25.4 Å². The second-order valence-electron chi connectivity index (χ2n) is 6.63. The average molecular weight is 366 g/mol. The number of hydrogen-bond acceptors (Lipinski definition) is 5. The number of benzene rings is 2. The van der Waals surface area contributed by atoms with E-state index in [0.717, 1.165) is 37.2 Å². The number of oxazole rings is 1. The van der Waals surface area contributed by atoms with Crippen molar-refractivity contribution in [3.05, 3.63) is 48.0 Å². The number of hydrogen-bond donors (Lipinski definition) is 1. The molecule has 140 valence electrons. The van der Waals surface area contributed by atoms with Gasteiger partial charge in [-0.05, 0) is 55.7 Å². The quantitative estimate of drug-likeness (QED) is 0.743. The number of methoxy groups -OCH3 is 1. The monoisotopic (exact) mass is 366 g/mol. The Bertz CT molecular complexity index is 944. The maximum absolute atomic E-state index is 12.4. The van der Waals surface area contributed by atoms with E-state index in [1.165, 1.54) is 0 Å². The average Bonchev–Trinajstić information content (AvgIpc) is 3.16. The Morgan fingerprint density at radius 1 is 1.26 bits per heavy atom. The second-order valence-corrected chi connectivity index (χ2v) is 6.63. The van der Waals surface area contributed by atoms with Gasteiger partial charge in [-0.25, -0.2) is 4.98 Å². The summed E-state index contributed by atoms with van der Waals surface area (Å²) >= 11 is 0. The van der Waals surface area contributed by atoms with Crippen LogP contribution in [0.1, 0.15) is 29.6 Å². The first-order valence-electron chi connectivity index (χ1n) is 9.18. The largest absolute Gasteiger partial charge is 0.497 e. The molecule has 1 amide bonds. The minimum atomic E-state index is -0.134. The molecule has 0 bridgehead atoms. The van der Waals surface area contributed by atoms with E-state index in [1.807, 2.05) is 24.3 Å². The lowest BCUT2D eigenvalue weighted by atomic mass is 10.1. The van der Waals surface area contributed by atoms with Crippen molar-refractivity contribution in [2.75, 3.05) is 20.3 Å². The van der Waals surface area contributed by atoms with Gasteiger partial charge in [-0.3, -0.25) is 4.79 Å². The van der Waals surface area contributed by atoms with E-state index >= 15 is 0 Å². The van der Waals surface area contributed by atoms with Crippen molar-refractivity contribution >= 4 is 17.0 Å². The highest BCUT2D eigenvalue weighted by molar-refractivity contribution is 5.97. The van der Waals surface area contributed by atoms with Crippen molar-refractivity contribution in [1.82, 2.24) is 10.3 Å². The zero-order chi connectivity index (χ0) is 18.6. The molecule has 1 aliphatic rings. The molecule has 1 atom stereocenters. The molecule has 6 nitrogen and oxygen atoms in total. The molecule has 0 radical (unpaired) electrons. The molecule has 1 N–H and O–H groups in total. The summed E-state index contributed by atoms with van der Waals surface area (Å²) in [6.07, 6.45) is 3.35. The van der Waals surface area contributed by atoms with E-state index < -0.39 is 0 Å². The van der Waals surface area contributed by atoms with Gasteiger partial charge in [0.25, 0.3) is 5.91 Å². The summed E-state index contributed by atoms with van der Waals surface area (Å²) in [6, 6.07) is 12.8. The Morgan fingerprint density at radius 3 is 3.00 bits per heavy atom. The van der Waals surface area contributed by atoms with Gasteiger partial charge < -0.3 is 19.2 Å². The van der Waals surface area contributed by atoms with Crippen molar-refractivity contribution in [3.8, 4) is 17.2 Å². The standard InChI is InChI=1S/C21H22N2O4/c1-25-16-7-4-5-15(11-16)21-23-18-9-8-14(12-19(18)27-21)20(24)22-13-17-6-2-3-10-26-17/h4-5,7-9,11-12,17H,2-3,6,10,13H2,1H3,(H,22,24)/t17-/m1/s1. The molecule has 1 saturated heterocycles. The van der Waals surface area contributed by atoms with Gasteiger partial charge >= 0.3 is 0 Å². The first kappa shape index (κ1) is 17.5. The lowest BCUT2D eigenvalue weighted by Crippen LogP contribution is -2.35. The number of aromatic nitrogens is 1. The maximum atomic E-state index is 12.4. The summed E-state index contributed by atoms with van der Waals surface area (Å²) in [5.41, 5.74) is 2.66. The summed E-state index contributed by atoms with van der Waals surface area (Å²) in [4.78, 5) is 17.0. The molecule has 2 heterocycles. The molecule has 0 aliphatic carbocycles. The van der Waals surface area contributed by atoms with E-state index in [9.17, 15) is 4.79 Å². The van der Waals surface area contributed by atoms with Gasteiger partial charge in [0, 0.05) is 24.3 Å². The van der Waals surface area contributed by atoms with Crippen LogP contribution in [0.15, 0.2) is 46.9 Å². The molecular formula is C21H22N2O4. The van der Waals surface area contributed by atoms with Gasteiger partial charge in [0.1, 0.15) is 11.3 Å². The summed E-state index contributed by atoms with van der Waals surface area (Å²) < 4.78 is 16.8. The van der Waals surface area contributed by atoms with Gasteiger partial charge in [-0.1, -0.05) is 6.07 Å². The molecule has 6 heteroatoms. The summed E-state index contributed by atoms with van der Waals surface area (Å²) in [7, 11) is 1.62. The normalized spacial score (nSPS) is 17.0. The Hall–Kier alpha value is -2.86. The maximum Gasteiger partial charge on any atom is 0.251 e. The van der Waals surface area contributed by atoms with E-state index in [1.54, 1.807) is 25.3 Å². The SMILES string of the molecule is COc1cccc(-c2nc3ccc(C(=O)NC[C@H]4CCCCO4)cc3o2)c1. The molecule has 1 aromatic heterocycles. The highest BCUT2D eigenvalue weighted by Gasteiger charge is 2.16. The van der Waals surface area contributed by atoms with E-state index in [-0.39, 0.29) is 12.0 Å². The van der Waals surface area contributed by atoms with Crippen LogP contribution in [0.5, 0.6) is 5.75 Å². The van der Waals surface area contributed by atoms with Crippen LogP contribution in [0, 0.1) is 0 Å². The van der Waals surface area contributed by atoms with E-state index in [2.05, 4.69) is 10.3 Å². The molecule has 27 heavy (non-hydrogen) atoms. The van der Waals surface area contributed by atoms with Gasteiger partial charge in [0.05, 0.1) is 13.2 Å². The van der Waals surface area contributed by atoms with Crippen LogP contribution in [0.25, 0.3) is 22.6 Å². The third-order valence-electron chi connectivity index (χ3n) is 4.73. The van der Waals surface area contributed by atoms with Crippen LogP contribution < -0.4 is 10.1 Å². The number of fused-ring (bicyclic) bond motifs is 1. The molecule has 2 aromatic carbocycles. The molecule has 1 fully saturated rings. The van der Waals surface area contributed by atoms with Crippen LogP contribution in [0.2, 0.25) is 0 Å². The molecule has 0 unspecified atom stereocenters. The number of nitrogens with zero attached hydrogens (tertiary/aromatic N) is 1. The third kappa shape index (κ3) is 3.95. The van der Waals surface area contributed by atoms with Gasteiger partial charge in [0.15, 0.2) is 5.58 Å². The Labute approximate surface area is 157 Å². The summed E-state index contributed by atoms with van der Waals surface area (Å²) in [5.74, 6) is 1.10. The van der Waals surface area contributed by atoms with Crippen molar-refractivity contribution in [1.29, 1.82) is 0 Å². The molecule has 0 spiro atoms. The van der Waals surface area contributed by atoms with Crippen LogP contribution in [-0.2, 0) is 4.74 Å². The van der Waals surface area contributed by atoms with Crippen molar-refractivity contribution in [3.63, 3.8) is 0 Å². The third-order valence-corrected chi connectivity index (χ3v) is 4.73. The van der Waals surface area contributed by atoms with Crippen LogP contribution in [-0.4, -0.2) is 37.3 Å². The van der Waals surface area contributed by atoms with Gasteiger partial charge in [-0.2, -0.15) is 0 Å². The second kappa shape index (κ2) is 7.80. The first-order chi connectivity index (χ1) is 13.2. The van der Waals surface area contributed by atoms with Gasteiger partial charge in [0.2, 0.25) is 5.89 Å². The highest BCUT2D eigenvalue weighted by atomic mass is 16.5. The fraction of sp³-hybridized carbons (Fsp3) is 0.333. The minimum Gasteiger partial charge on any atom is -0.497 e. The number of rotatable bonds is 5. The lowest BCUT2D eigenvalue weighted by Gasteiger charge is -2.22. The Kier molecular flexibility index (Phi) is 5.07. The van der Waals surface area contributed by atoms with Crippen LogP contribution in [0.3, 0.4) is 0 Å². The number of carbonyl (C=O) groups excluding carboxylic acids is 1. The number of ether oxygens (including phenoxy) is 2. The Morgan fingerprint density at radius 2 is 2.19 bits per heavy atom. The lowest BCUT2D eigenvalue weighted by molar-refractivity contribution is 0.0169. The van der Waals surface area contributed by atoms with Crippen LogP contribution in [0.4, 0.5) is 0 Å². The number of carbonyl (C=O) groups is 1. The summed E-state index contributed by atoms with van der Waals surface area (Å²) in [6.45, 7) is 1.31. The van der Waals surface area contributed by atoms with Crippen LogP contribution >= 0.6 is 0 Å². The van der Waals surface area contributed by atoms with Crippen molar-refractivity contribution in [2.24, 2.45) is 0 Å². The predicted octanol–water partition coefficient (Wildman–Crippen LogP) is 3.80. The fourth-order valence-corrected chi connectivity index (χ4v) is 3.22. The smallest absolute Gasteiger partial charge is 0.251 e. The topological polar surface area (TPSA) is 73.6 Å². The zero-order valence-electron chi connectivity index (χ0n) is 15.2. The molecule has 0 saturated carbocycles. The molecule has 3 aromatic rings. The summed E-state index contributed by atoms with van der Waals surface area (Å²) in [5, 5.41) is 2.94. The fourth-order valence-electron chi connectivity index (χ4n) is 3.22. The van der Waals surface area contributed by atoms with E-state index in [0.29, 0.717) is 29.1 Å². The first-order valence-corrected chi connectivity index (χ1v) is 9.18. The minimum absolute atomic E-state index is 0.108. The van der Waals surface area contributed by atoms with Crippen molar-refractivity contribution < 1.29 is 18.7 Å². The van der Waals surface area contributed by atoms with Gasteiger partial charge in [-0.15, -0.1) is 0 Å². The zero-order valence-corrected chi connectivity index (χ0v) is 15.2. The highest BCUT2D eigenvalue weighted by Crippen LogP contribution is 2.27. The molecule has 4 rings (SSSR count). The predicted molar refractivity (Wildman–Crippen MR) is 102 cm³/mol.